The average molecular weight is 371 g/mol. The van der Waals surface area contributed by atoms with E-state index >= 15 is 0 Å². The van der Waals surface area contributed by atoms with Crippen LogP contribution in [0.25, 0.3) is 0 Å². The topological polar surface area (TPSA) is 61.8 Å². The molecule has 0 saturated heterocycles. The van der Waals surface area contributed by atoms with Gasteiger partial charge in [0.25, 0.3) is 0 Å². The van der Waals surface area contributed by atoms with E-state index in [0.717, 1.165) is 15.7 Å². The molecule has 0 bridgehead atoms. The largest absolute Gasteiger partial charge is 0.447 e. The van der Waals surface area contributed by atoms with Crippen molar-refractivity contribution in [1.82, 2.24) is 5.32 Å². The number of hydrogen-bond acceptors (Lipinski definition) is 4. The molecule has 0 spiro atoms. The molecular formula is C16H23BrN2O3. The molecule has 1 amide bonds. The van der Waals surface area contributed by atoms with Crippen LogP contribution in [0.4, 0.5) is 10.5 Å². The Morgan fingerprint density at radius 2 is 2.14 bits per heavy atom. The van der Waals surface area contributed by atoms with Crippen LogP contribution >= 0.6 is 15.9 Å². The number of aliphatic hydroxyl groups is 1. The molecule has 1 heterocycles. The molecule has 1 aliphatic heterocycles. The quantitative estimate of drug-likeness (QED) is 0.853. The molecule has 3 atom stereocenters. The summed E-state index contributed by atoms with van der Waals surface area (Å²) >= 11 is 3.47. The van der Waals surface area contributed by atoms with Crippen LogP contribution in [0.3, 0.4) is 0 Å². The number of rotatable bonds is 3. The maximum absolute atomic E-state index is 11.9. The second-order valence-corrected chi connectivity index (χ2v) is 6.89. The van der Waals surface area contributed by atoms with E-state index in [1.54, 1.807) is 6.92 Å². The zero-order chi connectivity index (χ0) is 16.4. The summed E-state index contributed by atoms with van der Waals surface area (Å²) in [5, 5.41) is 13.0. The van der Waals surface area contributed by atoms with Crippen molar-refractivity contribution < 1.29 is 14.6 Å². The predicted molar refractivity (Wildman–Crippen MR) is 89.9 cm³/mol. The first-order valence-corrected chi connectivity index (χ1v) is 8.32. The van der Waals surface area contributed by atoms with Gasteiger partial charge in [0.1, 0.15) is 6.23 Å². The number of aliphatic hydroxyl groups excluding tert-OH is 1. The summed E-state index contributed by atoms with van der Waals surface area (Å²) in [7, 11) is 0. The smallest absolute Gasteiger partial charge is 0.407 e. The third-order valence-electron chi connectivity index (χ3n) is 3.73. The monoisotopic (exact) mass is 370 g/mol. The number of alkyl carbamates (subject to hydrolysis) is 1. The molecule has 1 unspecified atom stereocenters. The van der Waals surface area contributed by atoms with Gasteiger partial charge in [-0.05, 0) is 57.9 Å². The van der Waals surface area contributed by atoms with Crippen molar-refractivity contribution in [2.75, 3.05) is 4.90 Å². The lowest BCUT2D eigenvalue weighted by Gasteiger charge is -2.42. The van der Waals surface area contributed by atoms with Crippen molar-refractivity contribution in [2.45, 2.75) is 58.5 Å². The fourth-order valence-electron chi connectivity index (χ4n) is 2.96. The van der Waals surface area contributed by atoms with Crippen LogP contribution in [0.1, 0.15) is 45.7 Å². The molecule has 1 aromatic rings. The van der Waals surface area contributed by atoms with E-state index in [-0.39, 0.29) is 18.2 Å². The highest BCUT2D eigenvalue weighted by Gasteiger charge is 2.33. The van der Waals surface area contributed by atoms with E-state index in [1.807, 2.05) is 43.9 Å². The highest BCUT2D eigenvalue weighted by atomic mass is 79.9. The Hall–Kier alpha value is -1.27. The average Bonchev–Trinajstić information content (AvgIpc) is 2.37. The highest BCUT2D eigenvalue weighted by Crippen LogP contribution is 2.39. The number of carbonyl (C=O) groups is 1. The van der Waals surface area contributed by atoms with Crippen LogP contribution in [-0.2, 0) is 4.74 Å². The van der Waals surface area contributed by atoms with Gasteiger partial charge in [-0.1, -0.05) is 15.9 Å². The van der Waals surface area contributed by atoms with E-state index in [0.29, 0.717) is 6.42 Å². The van der Waals surface area contributed by atoms with Crippen LogP contribution in [0, 0.1) is 0 Å². The Balaban J connectivity index is 2.31. The van der Waals surface area contributed by atoms with E-state index in [1.165, 1.54) is 0 Å². The van der Waals surface area contributed by atoms with Gasteiger partial charge >= 0.3 is 6.09 Å². The third kappa shape index (κ3) is 3.73. The zero-order valence-corrected chi connectivity index (χ0v) is 14.9. The molecular weight excluding hydrogens is 348 g/mol. The van der Waals surface area contributed by atoms with Crippen LogP contribution in [0.2, 0.25) is 0 Å². The first-order valence-electron chi connectivity index (χ1n) is 7.52. The molecule has 1 aromatic carbocycles. The molecule has 5 nitrogen and oxygen atoms in total. The Bertz CT molecular complexity index is 548. The summed E-state index contributed by atoms with van der Waals surface area (Å²) in [5.74, 6) is 0. The number of fused-ring (bicyclic) bond motifs is 1. The van der Waals surface area contributed by atoms with Crippen molar-refractivity contribution in [2.24, 2.45) is 0 Å². The third-order valence-corrected chi connectivity index (χ3v) is 4.23. The van der Waals surface area contributed by atoms with Crippen molar-refractivity contribution >= 4 is 27.7 Å². The fourth-order valence-corrected chi connectivity index (χ4v) is 3.33. The SMILES string of the molecule is CC(C)OC(=O)N[C@@H]1C[C@H](C)N(C(C)O)c2ccc(Br)cc21. The zero-order valence-electron chi connectivity index (χ0n) is 13.3. The minimum Gasteiger partial charge on any atom is -0.447 e. The Morgan fingerprint density at radius 3 is 2.73 bits per heavy atom. The lowest BCUT2D eigenvalue weighted by atomic mass is 9.91. The van der Waals surface area contributed by atoms with Gasteiger partial charge < -0.3 is 20.1 Å². The van der Waals surface area contributed by atoms with Crippen LogP contribution in [0.5, 0.6) is 0 Å². The summed E-state index contributed by atoms with van der Waals surface area (Å²) in [6, 6.07) is 5.86. The summed E-state index contributed by atoms with van der Waals surface area (Å²) in [5.41, 5.74) is 1.92. The Morgan fingerprint density at radius 1 is 1.45 bits per heavy atom. The van der Waals surface area contributed by atoms with E-state index < -0.39 is 12.3 Å². The second-order valence-electron chi connectivity index (χ2n) is 5.98. The molecule has 0 saturated carbocycles. The van der Waals surface area contributed by atoms with Gasteiger partial charge in [0.05, 0.1) is 12.1 Å². The van der Waals surface area contributed by atoms with E-state index in [2.05, 4.69) is 21.2 Å². The number of halogens is 1. The number of carbonyl (C=O) groups excluding carboxylic acids is 1. The number of nitrogens with one attached hydrogen (secondary N) is 1. The van der Waals surface area contributed by atoms with Gasteiger partial charge in [-0.25, -0.2) is 4.79 Å². The van der Waals surface area contributed by atoms with Gasteiger partial charge in [-0.3, -0.25) is 0 Å². The molecule has 122 valence electrons. The first kappa shape index (κ1) is 17.1. The molecule has 2 N–H and O–H groups in total. The van der Waals surface area contributed by atoms with Gasteiger partial charge in [-0.2, -0.15) is 0 Å². The molecule has 0 aromatic heterocycles. The summed E-state index contributed by atoms with van der Waals surface area (Å²) in [4.78, 5) is 13.9. The summed E-state index contributed by atoms with van der Waals surface area (Å²) in [6.07, 6.45) is -0.444. The number of ether oxygens (including phenoxy) is 1. The standard InChI is InChI=1S/C16H23BrN2O3/c1-9(2)22-16(21)18-14-7-10(3)19(11(4)20)15-6-5-12(17)8-13(14)15/h5-6,8-11,14,20H,7H2,1-4H3,(H,18,21)/t10-,11?,14+/m0/s1. The highest BCUT2D eigenvalue weighted by molar-refractivity contribution is 9.10. The Kier molecular flexibility index (Phi) is 5.34. The molecule has 0 fully saturated rings. The van der Waals surface area contributed by atoms with Crippen molar-refractivity contribution in [1.29, 1.82) is 0 Å². The number of amides is 1. The molecule has 0 radical (unpaired) electrons. The number of hydrogen-bond donors (Lipinski definition) is 2. The molecule has 0 aliphatic carbocycles. The van der Waals surface area contributed by atoms with Crippen LogP contribution < -0.4 is 10.2 Å². The maximum atomic E-state index is 11.9. The minimum absolute atomic E-state index is 0.109. The van der Waals surface area contributed by atoms with E-state index in [9.17, 15) is 9.90 Å². The second kappa shape index (κ2) is 6.87. The predicted octanol–water partition coefficient (Wildman–Crippen LogP) is 3.56. The molecule has 6 heteroatoms. The first-order chi connectivity index (χ1) is 10.3. The van der Waals surface area contributed by atoms with Gasteiger partial charge in [0.15, 0.2) is 0 Å². The van der Waals surface area contributed by atoms with Gasteiger partial charge in [-0.15, -0.1) is 0 Å². The lowest BCUT2D eigenvalue weighted by Crippen LogP contribution is -2.47. The van der Waals surface area contributed by atoms with Crippen molar-refractivity contribution in [3.8, 4) is 0 Å². The minimum atomic E-state index is -0.585. The Labute approximate surface area is 139 Å². The number of nitrogens with zero attached hydrogens (tertiary/aromatic N) is 1. The lowest BCUT2D eigenvalue weighted by molar-refractivity contribution is 0.110. The van der Waals surface area contributed by atoms with Crippen molar-refractivity contribution in [3.05, 3.63) is 28.2 Å². The summed E-state index contributed by atoms with van der Waals surface area (Å²) < 4.78 is 6.12. The number of benzene rings is 1. The van der Waals surface area contributed by atoms with Crippen LogP contribution in [-0.4, -0.2) is 29.6 Å². The van der Waals surface area contributed by atoms with E-state index in [4.69, 9.17) is 4.74 Å². The van der Waals surface area contributed by atoms with Crippen LogP contribution in [0.15, 0.2) is 22.7 Å². The fraction of sp³-hybridized carbons (Fsp3) is 0.562. The van der Waals surface area contributed by atoms with Crippen molar-refractivity contribution in [3.63, 3.8) is 0 Å². The molecule has 2 rings (SSSR count). The summed E-state index contributed by atoms with van der Waals surface area (Å²) in [6.45, 7) is 7.44. The molecule has 1 aliphatic rings. The maximum Gasteiger partial charge on any atom is 0.407 e. The normalized spacial score (nSPS) is 22.2. The molecule has 22 heavy (non-hydrogen) atoms. The van der Waals surface area contributed by atoms with Gasteiger partial charge in [0, 0.05) is 16.2 Å². The van der Waals surface area contributed by atoms with Gasteiger partial charge in [0.2, 0.25) is 0 Å². The number of anilines is 1.